The lowest BCUT2D eigenvalue weighted by Crippen LogP contribution is -2.44. The van der Waals surface area contributed by atoms with Crippen LogP contribution in [0.15, 0.2) is 0 Å². The zero-order valence-electron chi connectivity index (χ0n) is 10.5. The summed E-state index contributed by atoms with van der Waals surface area (Å²) in [5.74, 6) is -2.00. The normalized spacial score (nSPS) is 35.8. The third-order valence-electron chi connectivity index (χ3n) is 4.79. The van der Waals surface area contributed by atoms with Crippen LogP contribution in [-0.2, 0) is 4.79 Å². The van der Waals surface area contributed by atoms with Gasteiger partial charge in [-0.2, -0.15) is 0 Å². The number of nitrogens with zero attached hydrogens (tertiary/aromatic N) is 1. The summed E-state index contributed by atoms with van der Waals surface area (Å²) in [6, 6.07) is 0.319. The van der Waals surface area contributed by atoms with Crippen molar-refractivity contribution in [2.45, 2.75) is 44.1 Å². The zero-order valence-corrected chi connectivity index (χ0v) is 10.5. The molecule has 0 unspecified atom stereocenters. The van der Waals surface area contributed by atoms with E-state index in [9.17, 15) is 13.6 Å². The average Bonchev–Trinajstić information content (AvgIpc) is 2.89. The molecule has 5 heteroatoms. The van der Waals surface area contributed by atoms with Crippen molar-refractivity contribution in [1.29, 1.82) is 0 Å². The monoisotopic (exact) mass is 258 g/mol. The lowest BCUT2D eigenvalue weighted by atomic mass is 9.85. The second-order valence-corrected chi connectivity index (χ2v) is 5.94. The Kier molecular flexibility index (Phi) is 3.04. The maximum absolute atomic E-state index is 13.1. The van der Waals surface area contributed by atoms with E-state index in [2.05, 4.69) is 5.32 Å². The van der Waals surface area contributed by atoms with Crippen LogP contribution in [0.2, 0.25) is 0 Å². The van der Waals surface area contributed by atoms with Crippen LogP contribution in [0.5, 0.6) is 0 Å². The van der Waals surface area contributed by atoms with Crippen molar-refractivity contribution >= 4 is 5.91 Å². The molecule has 3 aliphatic rings. The number of likely N-dealkylation sites (tertiary alicyclic amines) is 1. The third-order valence-corrected chi connectivity index (χ3v) is 4.79. The minimum Gasteiger partial charge on any atom is -0.338 e. The number of nitrogens with one attached hydrogen (secondary N) is 1. The summed E-state index contributed by atoms with van der Waals surface area (Å²) in [5, 5.41) is 3.31. The lowest BCUT2D eigenvalue weighted by Gasteiger charge is -2.32. The topological polar surface area (TPSA) is 32.3 Å². The molecule has 102 valence electrons. The van der Waals surface area contributed by atoms with Crippen molar-refractivity contribution in [3.8, 4) is 0 Å². The first kappa shape index (κ1) is 12.3. The lowest BCUT2D eigenvalue weighted by molar-refractivity contribution is -0.140. The van der Waals surface area contributed by atoms with E-state index >= 15 is 0 Å². The maximum atomic E-state index is 13.1. The van der Waals surface area contributed by atoms with E-state index in [1.165, 1.54) is 0 Å². The molecule has 0 bridgehead atoms. The van der Waals surface area contributed by atoms with Gasteiger partial charge in [-0.3, -0.25) is 4.79 Å². The van der Waals surface area contributed by atoms with Gasteiger partial charge in [0.1, 0.15) is 0 Å². The Morgan fingerprint density at radius 1 is 1.17 bits per heavy atom. The maximum Gasteiger partial charge on any atom is 0.248 e. The van der Waals surface area contributed by atoms with Crippen LogP contribution in [0.25, 0.3) is 0 Å². The molecule has 1 saturated carbocycles. The molecule has 0 aromatic heterocycles. The van der Waals surface area contributed by atoms with Crippen LogP contribution in [0.3, 0.4) is 0 Å². The summed E-state index contributed by atoms with van der Waals surface area (Å²) in [5.41, 5.74) is 0. The van der Waals surface area contributed by atoms with E-state index in [1.54, 1.807) is 0 Å². The Morgan fingerprint density at radius 3 is 2.61 bits per heavy atom. The highest BCUT2D eigenvalue weighted by Gasteiger charge is 2.44. The fraction of sp³-hybridized carbons (Fsp3) is 0.923. The average molecular weight is 258 g/mol. The van der Waals surface area contributed by atoms with E-state index in [-0.39, 0.29) is 24.7 Å². The number of hydrogen-bond donors (Lipinski definition) is 1. The molecule has 1 aliphatic carbocycles. The fourth-order valence-electron chi connectivity index (χ4n) is 3.64. The summed E-state index contributed by atoms with van der Waals surface area (Å²) in [6.07, 6.45) is 1.53. The SMILES string of the molecule is O=C(C1CCC(F)(F)CC1)N1CC[C@H]2CNC[C@H]21. The van der Waals surface area contributed by atoms with Crippen molar-refractivity contribution in [2.75, 3.05) is 19.6 Å². The number of halogens is 2. The molecular weight excluding hydrogens is 238 g/mol. The standard InChI is InChI=1S/C13H20F2N2O/c14-13(15)4-1-9(2-5-13)12(18)17-6-3-10-7-16-8-11(10)17/h9-11,16H,1-8H2/t10-,11+/m0/s1. The van der Waals surface area contributed by atoms with Gasteiger partial charge in [0.15, 0.2) is 0 Å². The van der Waals surface area contributed by atoms with Crippen LogP contribution < -0.4 is 5.32 Å². The number of carbonyl (C=O) groups is 1. The molecule has 1 N–H and O–H groups in total. The summed E-state index contributed by atoms with van der Waals surface area (Å²) < 4.78 is 26.2. The van der Waals surface area contributed by atoms with Gasteiger partial charge < -0.3 is 10.2 Å². The van der Waals surface area contributed by atoms with E-state index in [4.69, 9.17) is 0 Å². The van der Waals surface area contributed by atoms with Crippen LogP contribution in [-0.4, -0.2) is 42.4 Å². The quantitative estimate of drug-likeness (QED) is 0.775. The highest BCUT2D eigenvalue weighted by atomic mass is 19.3. The second kappa shape index (κ2) is 4.44. The number of rotatable bonds is 1. The number of amides is 1. The van der Waals surface area contributed by atoms with Crippen LogP contribution in [0, 0.1) is 11.8 Å². The summed E-state index contributed by atoms with van der Waals surface area (Å²) >= 11 is 0. The zero-order chi connectivity index (χ0) is 12.8. The van der Waals surface area contributed by atoms with E-state index in [0.717, 1.165) is 26.1 Å². The van der Waals surface area contributed by atoms with Gasteiger partial charge >= 0.3 is 0 Å². The summed E-state index contributed by atoms with van der Waals surface area (Å²) in [6.45, 7) is 2.69. The van der Waals surface area contributed by atoms with Gasteiger partial charge in [0.05, 0.1) is 0 Å². The van der Waals surface area contributed by atoms with Crippen molar-refractivity contribution in [3.05, 3.63) is 0 Å². The molecule has 18 heavy (non-hydrogen) atoms. The highest BCUT2D eigenvalue weighted by Crippen LogP contribution is 2.38. The molecule has 1 amide bonds. The van der Waals surface area contributed by atoms with Crippen LogP contribution >= 0.6 is 0 Å². The molecule has 2 saturated heterocycles. The number of carbonyl (C=O) groups excluding carboxylic acids is 1. The first-order valence-corrected chi connectivity index (χ1v) is 6.96. The number of alkyl halides is 2. The van der Waals surface area contributed by atoms with Gasteiger partial charge in [0, 0.05) is 44.4 Å². The van der Waals surface area contributed by atoms with Crippen molar-refractivity contribution < 1.29 is 13.6 Å². The summed E-state index contributed by atoms with van der Waals surface area (Å²) in [7, 11) is 0. The molecule has 2 aliphatic heterocycles. The van der Waals surface area contributed by atoms with Crippen molar-refractivity contribution in [1.82, 2.24) is 10.2 Å². The molecule has 0 spiro atoms. The molecule has 3 fully saturated rings. The molecule has 0 aromatic rings. The minimum atomic E-state index is -2.54. The van der Waals surface area contributed by atoms with E-state index in [0.29, 0.717) is 24.8 Å². The molecular formula is C13H20F2N2O. The smallest absolute Gasteiger partial charge is 0.248 e. The van der Waals surface area contributed by atoms with Gasteiger partial charge in [-0.25, -0.2) is 8.78 Å². The predicted molar refractivity (Wildman–Crippen MR) is 63.4 cm³/mol. The second-order valence-electron chi connectivity index (χ2n) is 5.94. The van der Waals surface area contributed by atoms with Crippen LogP contribution in [0.1, 0.15) is 32.1 Å². The van der Waals surface area contributed by atoms with Gasteiger partial charge in [-0.15, -0.1) is 0 Å². The third kappa shape index (κ3) is 2.13. The van der Waals surface area contributed by atoms with Gasteiger partial charge in [0.2, 0.25) is 11.8 Å². The van der Waals surface area contributed by atoms with Gasteiger partial charge in [-0.1, -0.05) is 0 Å². The number of hydrogen-bond acceptors (Lipinski definition) is 2. The summed E-state index contributed by atoms with van der Waals surface area (Å²) in [4.78, 5) is 14.4. The highest BCUT2D eigenvalue weighted by molar-refractivity contribution is 5.79. The molecule has 0 radical (unpaired) electrons. The Bertz CT molecular complexity index is 338. The minimum absolute atomic E-state index is 0.121. The largest absolute Gasteiger partial charge is 0.338 e. The van der Waals surface area contributed by atoms with Crippen LogP contribution in [0.4, 0.5) is 8.78 Å². The molecule has 2 heterocycles. The van der Waals surface area contributed by atoms with E-state index in [1.807, 2.05) is 4.90 Å². The Hall–Kier alpha value is -0.710. The Morgan fingerprint density at radius 2 is 1.89 bits per heavy atom. The first-order chi connectivity index (χ1) is 8.57. The Labute approximate surface area is 106 Å². The molecule has 0 aromatic carbocycles. The molecule has 3 rings (SSSR count). The van der Waals surface area contributed by atoms with E-state index < -0.39 is 5.92 Å². The molecule has 3 nitrogen and oxygen atoms in total. The molecule has 2 atom stereocenters. The van der Waals surface area contributed by atoms with Gasteiger partial charge in [-0.05, 0) is 25.2 Å². The fourth-order valence-corrected chi connectivity index (χ4v) is 3.64. The van der Waals surface area contributed by atoms with Crippen molar-refractivity contribution in [3.63, 3.8) is 0 Å². The van der Waals surface area contributed by atoms with Gasteiger partial charge in [0.25, 0.3) is 0 Å². The van der Waals surface area contributed by atoms with Crippen molar-refractivity contribution in [2.24, 2.45) is 11.8 Å². The predicted octanol–water partition coefficient (Wildman–Crippen LogP) is 1.63. The Balaban J connectivity index is 1.62. The first-order valence-electron chi connectivity index (χ1n) is 6.96. The number of fused-ring (bicyclic) bond motifs is 1.